The van der Waals surface area contributed by atoms with Crippen LogP contribution in [0.1, 0.15) is 11.3 Å². The summed E-state index contributed by atoms with van der Waals surface area (Å²) < 4.78 is 13.2. The molecule has 2 heterocycles. The zero-order chi connectivity index (χ0) is 21.1. The molecule has 0 N–H and O–H groups in total. The van der Waals surface area contributed by atoms with Crippen LogP contribution >= 0.6 is 34.8 Å². The Morgan fingerprint density at radius 2 is 1.80 bits per heavy atom. The van der Waals surface area contributed by atoms with Crippen molar-refractivity contribution in [2.24, 2.45) is 0 Å². The summed E-state index contributed by atoms with van der Waals surface area (Å²) in [5, 5.41) is 1.00. The summed E-state index contributed by atoms with van der Waals surface area (Å²) in [5.41, 5.74) is 4.44. The number of rotatable bonds is 7. The Morgan fingerprint density at radius 3 is 2.57 bits per heavy atom. The van der Waals surface area contributed by atoms with Crippen LogP contribution in [0.5, 0.6) is 5.75 Å². The molecule has 30 heavy (non-hydrogen) atoms. The molecule has 7 heteroatoms. The third kappa shape index (κ3) is 4.42. The average molecular weight is 462 g/mol. The van der Waals surface area contributed by atoms with E-state index in [9.17, 15) is 0 Å². The lowest BCUT2D eigenvalue weighted by atomic mass is 10.1. The number of hydrogen-bond donors (Lipinski definition) is 0. The number of halogens is 3. The lowest BCUT2D eigenvalue weighted by molar-refractivity contribution is 0.123. The minimum absolute atomic E-state index is 0.300. The van der Waals surface area contributed by atoms with Crippen LogP contribution in [0.4, 0.5) is 0 Å². The van der Waals surface area contributed by atoms with Crippen LogP contribution in [0.15, 0.2) is 60.9 Å². The van der Waals surface area contributed by atoms with Gasteiger partial charge in [0.2, 0.25) is 0 Å². The number of imidazole rings is 1. The highest BCUT2D eigenvalue weighted by atomic mass is 35.5. The molecule has 0 spiro atoms. The first-order chi connectivity index (χ1) is 14.6. The summed E-state index contributed by atoms with van der Waals surface area (Å²) >= 11 is 18.8. The van der Waals surface area contributed by atoms with Crippen LogP contribution in [0.25, 0.3) is 16.8 Å². The van der Waals surface area contributed by atoms with Gasteiger partial charge in [-0.15, -0.1) is 0 Å². The predicted molar refractivity (Wildman–Crippen MR) is 122 cm³/mol. The maximum atomic E-state index is 6.47. The molecule has 0 saturated heterocycles. The fourth-order valence-corrected chi connectivity index (χ4v) is 3.95. The second-order valence-electron chi connectivity index (χ2n) is 6.76. The highest BCUT2D eigenvalue weighted by Gasteiger charge is 2.18. The van der Waals surface area contributed by atoms with Crippen LogP contribution < -0.4 is 4.74 Å². The van der Waals surface area contributed by atoms with Crippen LogP contribution in [-0.4, -0.2) is 23.1 Å². The standard InChI is InChI=1S/C23H19Cl3N2O2/c1-29-19-12-18(24)22(25)23(26)21(19)16-7-9-28-13-17(27-20(28)11-16)8-10-30-14-15-5-3-2-4-6-15/h2-7,9,11-13H,8,10,14H2,1H3. The van der Waals surface area contributed by atoms with Gasteiger partial charge in [0, 0.05) is 30.4 Å². The van der Waals surface area contributed by atoms with Gasteiger partial charge < -0.3 is 13.9 Å². The molecular formula is C23H19Cl3N2O2. The highest BCUT2D eigenvalue weighted by molar-refractivity contribution is 6.49. The van der Waals surface area contributed by atoms with Gasteiger partial charge in [0.05, 0.1) is 41.1 Å². The van der Waals surface area contributed by atoms with Crippen molar-refractivity contribution in [2.75, 3.05) is 13.7 Å². The third-order valence-electron chi connectivity index (χ3n) is 4.76. The minimum atomic E-state index is 0.300. The van der Waals surface area contributed by atoms with Crippen molar-refractivity contribution in [3.63, 3.8) is 0 Å². The Kier molecular flexibility index (Phi) is 6.49. The second-order valence-corrected chi connectivity index (χ2v) is 7.93. The molecule has 0 atom stereocenters. The van der Waals surface area contributed by atoms with E-state index < -0.39 is 0 Å². The van der Waals surface area contributed by atoms with Crippen molar-refractivity contribution < 1.29 is 9.47 Å². The Morgan fingerprint density at radius 1 is 1.00 bits per heavy atom. The van der Waals surface area contributed by atoms with E-state index in [2.05, 4.69) is 12.1 Å². The summed E-state index contributed by atoms with van der Waals surface area (Å²) in [6, 6.07) is 15.7. The van der Waals surface area contributed by atoms with E-state index >= 15 is 0 Å². The van der Waals surface area contributed by atoms with Crippen molar-refractivity contribution in [3.8, 4) is 16.9 Å². The Bertz CT molecular complexity index is 1180. The van der Waals surface area contributed by atoms with Crippen LogP contribution in [0, 0.1) is 0 Å². The number of aromatic nitrogens is 2. The van der Waals surface area contributed by atoms with Gasteiger partial charge in [0.25, 0.3) is 0 Å². The Balaban J connectivity index is 1.53. The van der Waals surface area contributed by atoms with E-state index in [1.807, 2.05) is 47.1 Å². The van der Waals surface area contributed by atoms with Gasteiger partial charge in [-0.1, -0.05) is 65.1 Å². The summed E-state index contributed by atoms with van der Waals surface area (Å²) in [7, 11) is 1.57. The predicted octanol–water partition coefficient (Wildman–Crippen LogP) is 6.73. The number of benzene rings is 2. The first kappa shape index (κ1) is 21.0. The van der Waals surface area contributed by atoms with Crippen molar-refractivity contribution in [1.82, 2.24) is 9.38 Å². The molecular weight excluding hydrogens is 443 g/mol. The molecule has 2 aromatic carbocycles. The number of methoxy groups -OCH3 is 1. The SMILES string of the molecule is COc1cc(Cl)c(Cl)c(Cl)c1-c1ccn2cc(CCOCc3ccccc3)nc2c1. The maximum absolute atomic E-state index is 6.47. The van der Waals surface area contributed by atoms with E-state index in [1.165, 1.54) is 0 Å². The van der Waals surface area contributed by atoms with Crippen molar-refractivity contribution in [1.29, 1.82) is 0 Å². The summed E-state index contributed by atoms with van der Waals surface area (Å²) in [6.07, 6.45) is 4.66. The molecule has 4 rings (SSSR count). The molecule has 4 aromatic rings. The van der Waals surface area contributed by atoms with E-state index in [0.29, 0.717) is 39.6 Å². The first-order valence-electron chi connectivity index (χ1n) is 9.38. The number of nitrogens with zero attached hydrogens (tertiary/aromatic N) is 2. The van der Waals surface area contributed by atoms with Gasteiger partial charge in [-0.3, -0.25) is 0 Å². The van der Waals surface area contributed by atoms with Gasteiger partial charge in [0.1, 0.15) is 11.4 Å². The van der Waals surface area contributed by atoms with Crippen molar-refractivity contribution >= 4 is 40.4 Å². The van der Waals surface area contributed by atoms with Gasteiger partial charge in [-0.05, 0) is 23.3 Å². The maximum Gasteiger partial charge on any atom is 0.137 e. The number of hydrogen-bond acceptors (Lipinski definition) is 3. The molecule has 154 valence electrons. The normalized spacial score (nSPS) is 11.2. The summed E-state index contributed by atoms with van der Waals surface area (Å²) in [5.74, 6) is 0.555. The van der Waals surface area contributed by atoms with Crippen LogP contribution in [0.2, 0.25) is 15.1 Å². The lowest BCUT2D eigenvalue weighted by Crippen LogP contribution is -1.99. The van der Waals surface area contributed by atoms with Gasteiger partial charge >= 0.3 is 0 Å². The van der Waals surface area contributed by atoms with Crippen LogP contribution in [-0.2, 0) is 17.8 Å². The molecule has 0 aliphatic rings. The molecule has 0 amide bonds. The smallest absolute Gasteiger partial charge is 0.137 e. The fourth-order valence-electron chi connectivity index (χ4n) is 3.25. The molecule has 2 aromatic heterocycles. The quantitative estimate of drug-likeness (QED) is 0.226. The van der Waals surface area contributed by atoms with Gasteiger partial charge in [-0.2, -0.15) is 0 Å². The topological polar surface area (TPSA) is 35.8 Å². The Hall–Kier alpha value is -2.24. The Labute approximate surface area is 189 Å². The largest absolute Gasteiger partial charge is 0.496 e. The molecule has 0 unspecified atom stereocenters. The molecule has 0 saturated carbocycles. The van der Waals surface area contributed by atoms with Crippen LogP contribution in [0.3, 0.4) is 0 Å². The van der Waals surface area contributed by atoms with Crippen molar-refractivity contribution in [3.05, 3.63) is 87.2 Å². The monoisotopic (exact) mass is 460 g/mol. The number of ether oxygens (including phenoxy) is 2. The van der Waals surface area contributed by atoms with Crippen molar-refractivity contribution in [2.45, 2.75) is 13.0 Å². The first-order valence-corrected chi connectivity index (χ1v) is 10.5. The van der Waals surface area contributed by atoms with E-state index in [1.54, 1.807) is 13.2 Å². The molecule has 0 bridgehead atoms. The van der Waals surface area contributed by atoms with E-state index in [4.69, 9.17) is 49.3 Å². The number of fused-ring (bicyclic) bond motifs is 1. The molecule has 0 fully saturated rings. The zero-order valence-corrected chi connectivity index (χ0v) is 18.5. The third-order valence-corrected chi connectivity index (χ3v) is 6.02. The van der Waals surface area contributed by atoms with E-state index in [-0.39, 0.29) is 0 Å². The molecule has 0 aliphatic carbocycles. The second kappa shape index (κ2) is 9.27. The minimum Gasteiger partial charge on any atom is -0.496 e. The lowest BCUT2D eigenvalue weighted by Gasteiger charge is -2.13. The summed E-state index contributed by atoms with van der Waals surface area (Å²) in [4.78, 5) is 4.71. The van der Waals surface area contributed by atoms with Gasteiger partial charge in [-0.25, -0.2) is 4.98 Å². The van der Waals surface area contributed by atoms with E-state index in [0.717, 1.165) is 28.9 Å². The number of pyridine rings is 1. The fraction of sp³-hybridized carbons (Fsp3) is 0.174. The highest BCUT2D eigenvalue weighted by Crippen LogP contribution is 2.44. The molecule has 4 nitrogen and oxygen atoms in total. The average Bonchev–Trinajstić information content (AvgIpc) is 3.17. The molecule has 0 aliphatic heterocycles. The summed E-state index contributed by atoms with van der Waals surface area (Å²) in [6.45, 7) is 1.19. The van der Waals surface area contributed by atoms with Gasteiger partial charge in [0.15, 0.2) is 0 Å². The zero-order valence-electron chi connectivity index (χ0n) is 16.2. The molecule has 0 radical (unpaired) electrons.